The lowest BCUT2D eigenvalue weighted by molar-refractivity contribution is 0.771. The van der Waals surface area contributed by atoms with Gasteiger partial charge in [0.05, 0.1) is 6.54 Å². The number of nitrogens with one attached hydrogen (secondary N) is 2. The van der Waals surface area contributed by atoms with Crippen LogP contribution >= 0.6 is 11.8 Å². The van der Waals surface area contributed by atoms with Gasteiger partial charge < -0.3 is 10.3 Å². The van der Waals surface area contributed by atoms with Crippen LogP contribution in [0.2, 0.25) is 0 Å². The predicted molar refractivity (Wildman–Crippen MR) is 101 cm³/mol. The van der Waals surface area contributed by atoms with Crippen LogP contribution in [0.3, 0.4) is 0 Å². The number of aromatic amines is 1. The number of fused-ring (bicyclic) bond motifs is 1. The maximum atomic E-state index is 12.5. The van der Waals surface area contributed by atoms with E-state index in [-0.39, 0.29) is 5.69 Å². The fourth-order valence-electron chi connectivity index (χ4n) is 2.71. The van der Waals surface area contributed by atoms with Gasteiger partial charge in [-0.05, 0) is 24.8 Å². The molecule has 0 radical (unpaired) electrons. The highest BCUT2D eigenvalue weighted by Gasteiger charge is 2.24. The van der Waals surface area contributed by atoms with E-state index in [4.69, 9.17) is 0 Å². The maximum absolute atomic E-state index is 12.5. The Kier molecular flexibility index (Phi) is 4.48. The Balaban J connectivity index is 1.78. The molecule has 0 spiro atoms. The highest BCUT2D eigenvalue weighted by atomic mass is 32.2. The van der Waals surface area contributed by atoms with Crippen LogP contribution in [0.15, 0.2) is 40.3 Å². The molecule has 2 aromatic heterocycles. The van der Waals surface area contributed by atoms with Gasteiger partial charge in [-0.15, -0.1) is 0 Å². The van der Waals surface area contributed by atoms with E-state index < -0.39 is 0 Å². The smallest absolute Gasteiger partial charge is 0.328 e. The molecule has 1 fully saturated rings. The molecule has 0 bridgehead atoms. The first-order valence-corrected chi connectivity index (χ1v) is 9.67. The molecule has 130 valence electrons. The number of rotatable bonds is 7. The molecule has 6 nitrogen and oxygen atoms in total. The Morgan fingerprint density at radius 3 is 2.80 bits per heavy atom. The molecule has 0 saturated heterocycles. The van der Waals surface area contributed by atoms with Crippen LogP contribution in [0.1, 0.15) is 31.7 Å². The van der Waals surface area contributed by atoms with Gasteiger partial charge in [0.2, 0.25) is 0 Å². The van der Waals surface area contributed by atoms with Crippen molar-refractivity contribution in [1.29, 1.82) is 0 Å². The van der Waals surface area contributed by atoms with Gasteiger partial charge in [0.15, 0.2) is 16.6 Å². The molecule has 0 atom stereocenters. The Hall–Kier alpha value is -2.28. The van der Waals surface area contributed by atoms with E-state index in [1.807, 2.05) is 30.3 Å². The highest BCUT2D eigenvalue weighted by Crippen LogP contribution is 2.29. The van der Waals surface area contributed by atoms with Crippen LogP contribution in [0, 0.1) is 0 Å². The first kappa shape index (κ1) is 16.2. The lowest BCUT2D eigenvalue weighted by Gasteiger charge is -2.08. The van der Waals surface area contributed by atoms with Crippen LogP contribution in [-0.4, -0.2) is 31.3 Å². The van der Waals surface area contributed by atoms with Gasteiger partial charge in [-0.2, -0.15) is 0 Å². The number of imidazole rings is 1. The van der Waals surface area contributed by atoms with Crippen molar-refractivity contribution in [2.75, 3.05) is 11.1 Å². The van der Waals surface area contributed by atoms with E-state index in [0.29, 0.717) is 23.8 Å². The number of hydrogen-bond acceptors (Lipinski definition) is 5. The van der Waals surface area contributed by atoms with E-state index in [2.05, 4.69) is 27.2 Å². The molecule has 1 aliphatic carbocycles. The average molecular weight is 355 g/mol. The molecule has 2 heterocycles. The van der Waals surface area contributed by atoms with Crippen molar-refractivity contribution in [1.82, 2.24) is 19.5 Å². The Morgan fingerprint density at radius 1 is 1.28 bits per heavy atom. The van der Waals surface area contributed by atoms with Gasteiger partial charge in [0.25, 0.3) is 0 Å². The molecule has 0 aliphatic heterocycles. The molecule has 3 aromatic rings. The van der Waals surface area contributed by atoms with Gasteiger partial charge in [-0.25, -0.2) is 14.8 Å². The highest BCUT2D eigenvalue weighted by molar-refractivity contribution is 7.99. The monoisotopic (exact) mass is 355 g/mol. The minimum Gasteiger partial charge on any atom is -0.365 e. The molecule has 25 heavy (non-hydrogen) atoms. The molecular weight excluding hydrogens is 334 g/mol. The molecule has 0 amide bonds. The third kappa shape index (κ3) is 3.56. The summed E-state index contributed by atoms with van der Waals surface area (Å²) < 4.78 is 1.69. The summed E-state index contributed by atoms with van der Waals surface area (Å²) in [6, 6.07) is 10.4. The van der Waals surface area contributed by atoms with Crippen molar-refractivity contribution < 1.29 is 0 Å². The number of H-pyrrole nitrogens is 1. The zero-order chi connectivity index (χ0) is 17.2. The Labute approximate surface area is 150 Å². The number of aromatic nitrogens is 4. The summed E-state index contributed by atoms with van der Waals surface area (Å²) in [6.07, 6.45) is 3.36. The lowest BCUT2D eigenvalue weighted by Crippen LogP contribution is -2.17. The lowest BCUT2D eigenvalue weighted by atomic mass is 10.2. The van der Waals surface area contributed by atoms with Crippen LogP contribution in [0.25, 0.3) is 11.2 Å². The fraction of sp³-hybridized carbons (Fsp3) is 0.389. The van der Waals surface area contributed by atoms with Gasteiger partial charge in [0.1, 0.15) is 5.52 Å². The summed E-state index contributed by atoms with van der Waals surface area (Å²) in [5.41, 5.74) is 2.30. The predicted octanol–water partition coefficient (Wildman–Crippen LogP) is 3.24. The summed E-state index contributed by atoms with van der Waals surface area (Å²) >= 11 is 1.63. The van der Waals surface area contributed by atoms with E-state index in [1.54, 1.807) is 16.3 Å². The fourth-order valence-corrected chi connectivity index (χ4v) is 3.40. The van der Waals surface area contributed by atoms with Gasteiger partial charge >= 0.3 is 5.69 Å². The zero-order valence-electron chi connectivity index (χ0n) is 14.2. The molecule has 0 unspecified atom stereocenters. The largest absolute Gasteiger partial charge is 0.365 e. The maximum Gasteiger partial charge on any atom is 0.328 e. The van der Waals surface area contributed by atoms with Gasteiger partial charge in [-0.3, -0.25) is 4.57 Å². The number of hydrogen-bond donors (Lipinski definition) is 2. The van der Waals surface area contributed by atoms with Crippen molar-refractivity contribution in [2.45, 2.75) is 43.9 Å². The zero-order valence-corrected chi connectivity index (χ0v) is 15.0. The van der Waals surface area contributed by atoms with E-state index in [9.17, 15) is 4.79 Å². The SMILES string of the molecule is CCCSc1nc(NC2CC2)c2[nH]c(=O)n(Cc3ccccc3)c2n1. The molecule has 1 saturated carbocycles. The summed E-state index contributed by atoms with van der Waals surface area (Å²) in [4.78, 5) is 24.8. The Bertz CT molecular complexity index is 930. The van der Waals surface area contributed by atoms with Gasteiger partial charge in [0, 0.05) is 11.8 Å². The van der Waals surface area contributed by atoms with Crippen molar-refractivity contribution in [3.8, 4) is 0 Å². The summed E-state index contributed by atoms with van der Waals surface area (Å²) in [5, 5.41) is 4.15. The van der Waals surface area contributed by atoms with Crippen LogP contribution < -0.4 is 11.0 Å². The third-order valence-corrected chi connectivity index (χ3v) is 5.19. The number of nitrogens with zero attached hydrogens (tertiary/aromatic N) is 3. The van der Waals surface area contributed by atoms with Crippen LogP contribution in [0.5, 0.6) is 0 Å². The van der Waals surface area contributed by atoms with E-state index in [0.717, 1.165) is 41.6 Å². The standard InChI is InChI=1S/C18H21N5OS/c1-2-10-25-17-21-15(19-13-8-9-13)14-16(22-17)23(18(24)20-14)11-12-6-4-3-5-7-12/h3-7,13H,2,8-11H2,1H3,(H,20,24)(H,19,21,22). The number of anilines is 1. The minimum absolute atomic E-state index is 0.148. The van der Waals surface area contributed by atoms with Crippen molar-refractivity contribution in [3.63, 3.8) is 0 Å². The first-order valence-electron chi connectivity index (χ1n) is 8.68. The number of thioether (sulfide) groups is 1. The topological polar surface area (TPSA) is 75.6 Å². The molecular formula is C18H21N5OS. The minimum atomic E-state index is -0.148. The van der Waals surface area contributed by atoms with Crippen molar-refractivity contribution in [3.05, 3.63) is 46.4 Å². The molecule has 7 heteroatoms. The number of benzene rings is 1. The van der Waals surface area contributed by atoms with E-state index in [1.165, 1.54) is 0 Å². The third-order valence-electron chi connectivity index (χ3n) is 4.14. The van der Waals surface area contributed by atoms with Crippen molar-refractivity contribution >= 4 is 28.7 Å². The first-order chi connectivity index (χ1) is 12.2. The normalized spacial score (nSPS) is 14.1. The molecule has 1 aromatic carbocycles. The second-order valence-corrected chi connectivity index (χ2v) is 7.38. The Morgan fingerprint density at radius 2 is 2.08 bits per heavy atom. The van der Waals surface area contributed by atoms with Crippen LogP contribution in [-0.2, 0) is 6.54 Å². The quantitative estimate of drug-likeness (QED) is 0.503. The molecule has 4 rings (SSSR count). The average Bonchev–Trinajstić information content (AvgIpc) is 3.39. The van der Waals surface area contributed by atoms with Crippen LogP contribution in [0.4, 0.5) is 5.82 Å². The van der Waals surface area contributed by atoms with E-state index >= 15 is 0 Å². The second kappa shape index (κ2) is 6.92. The summed E-state index contributed by atoms with van der Waals surface area (Å²) in [7, 11) is 0. The summed E-state index contributed by atoms with van der Waals surface area (Å²) in [5.74, 6) is 1.71. The summed E-state index contributed by atoms with van der Waals surface area (Å²) in [6.45, 7) is 2.63. The van der Waals surface area contributed by atoms with Gasteiger partial charge in [-0.1, -0.05) is 49.0 Å². The molecule has 2 N–H and O–H groups in total. The molecule has 1 aliphatic rings. The van der Waals surface area contributed by atoms with Crippen molar-refractivity contribution in [2.24, 2.45) is 0 Å². The second-order valence-electron chi connectivity index (χ2n) is 6.32.